The van der Waals surface area contributed by atoms with Crippen molar-refractivity contribution in [1.29, 1.82) is 0 Å². The normalized spacial score (nSPS) is 10.7. The van der Waals surface area contributed by atoms with Crippen molar-refractivity contribution in [3.05, 3.63) is 48.3 Å². The summed E-state index contributed by atoms with van der Waals surface area (Å²) in [6.45, 7) is 0. The van der Waals surface area contributed by atoms with Gasteiger partial charge in [0, 0.05) is 11.5 Å². The maximum Gasteiger partial charge on any atom is 0.161 e. The molecule has 0 spiro atoms. The molecule has 0 saturated carbocycles. The van der Waals surface area contributed by atoms with Gasteiger partial charge < -0.3 is 15.2 Å². The van der Waals surface area contributed by atoms with Crippen LogP contribution in [0.25, 0.3) is 10.9 Å². The monoisotopic (exact) mass is 303 g/mol. The van der Waals surface area contributed by atoms with E-state index in [9.17, 15) is 13.9 Å². The number of phenolic OH excluding ortho intramolecular Hbond substituents is 1. The summed E-state index contributed by atoms with van der Waals surface area (Å²) in [6.07, 6.45) is 1.23. The number of methoxy groups -OCH3 is 1. The second-order valence-electron chi connectivity index (χ2n) is 4.49. The minimum absolute atomic E-state index is 0.0864. The molecule has 0 atom stereocenters. The Balaban J connectivity index is 2.15. The first-order chi connectivity index (χ1) is 10.6. The molecule has 0 aliphatic rings. The highest BCUT2D eigenvalue weighted by Gasteiger charge is 2.13. The third-order valence-electron chi connectivity index (χ3n) is 3.14. The van der Waals surface area contributed by atoms with Crippen LogP contribution in [0.3, 0.4) is 0 Å². The average Bonchev–Trinajstić information content (AvgIpc) is 2.50. The molecule has 1 aromatic heterocycles. The predicted octanol–water partition coefficient (Wildman–Crippen LogP) is 3.37. The first-order valence-corrected chi connectivity index (χ1v) is 6.33. The van der Waals surface area contributed by atoms with Crippen LogP contribution in [0.15, 0.2) is 36.7 Å². The summed E-state index contributed by atoms with van der Waals surface area (Å²) < 4.78 is 32.5. The van der Waals surface area contributed by atoms with Gasteiger partial charge in [-0.1, -0.05) is 6.07 Å². The Morgan fingerprint density at radius 1 is 1.14 bits per heavy atom. The molecule has 2 aromatic carbocycles. The van der Waals surface area contributed by atoms with E-state index in [-0.39, 0.29) is 23.0 Å². The van der Waals surface area contributed by atoms with Gasteiger partial charge in [0.15, 0.2) is 11.5 Å². The van der Waals surface area contributed by atoms with E-state index in [2.05, 4.69) is 15.3 Å². The fourth-order valence-electron chi connectivity index (χ4n) is 2.07. The number of aromatic hydroxyl groups is 1. The molecular weight excluding hydrogens is 292 g/mol. The van der Waals surface area contributed by atoms with E-state index >= 15 is 0 Å². The lowest BCUT2D eigenvalue weighted by Gasteiger charge is -2.11. The molecular formula is C15H11F2N3O2. The molecule has 0 radical (unpaired) electrons. The second kappa shape index (κ2) is 5.44. The molecule has 1 heterocycles. The van der Waals surface area contributed by atoms with Crippen molar-refractivity contribution in [3.8, 4) is 11.5 Å². The maximum absolute atomic E-state index is 13.7. The van der Waals surface area contributed by atoms with Crippen molar-refractivity contribution in [2.24, 2.45) is 0 Å². The molecule has 3 rings (SSSR count). The minimum Gasteiger partial charge on any atom is -0.504 e. The Labute approximate surface area is 124 Å². The van der Waals surface area contributed by atoms with Crippen LogP contribution in [-0.4, -0.2) is 22.2 Å². The van der Waals surface area contributed by atoms with E-state index in [0.29, 0.717) is 10.9 Å². The smallest absolute Gasteiger partial charge is 0.161 e. The predicted molar refractivity (Wildman–Crippen MR) is 77.4 cm³/mol. The molecule has 2 N–H and O–H groups in total. The van der Waals surface area contributed by atoms with Gasteiger partial charge in [-0.15, -0.1) is 0 Å². The van der Waals surface area contributed by atoms with E-state index in [4.69, 9.17) is 4.74 Å². The lowest BCUT2D eigenvalue weighted by Crippen LogP contribution is -2.01. The van der Waals surface area contributed by atoms with Gasteiger partial charge in [-0.05, 0) is 18.2 Å². The summed E-state index contributed by atoms with van der Waals surface area (Å²) in [5.41, 5.74) is 0.0992. The Morgan fingerprint density at radius 3 is 2.55 bits per heavy atom. The highest BCUT2D eigenvalue weighted by molar-refractivity contribution is 5.93. The molecule has 0 aliphatic carbocycles. The molecule has 0 amide bonds. The number of halogens is 2. The number of benzene rings is 2. The summed E-state index contributed by atoms with van der Waals surface area (Å²) in [5.74, 6) is -1.15. The Morgan fingerprint density at radius 2 is 1.86 bits per heavy atom. The van der Waals surface area contributed by atoms with Crippen LogP contribution in [0.2, 0.25) is 0 Å². The number of aromatic nitrogens is 2. The van der Waals surface area contributed by atoms with Gasteiger partial charge in [-0.3, -0.25) is 0 Å². The molecule has 0 bridgehead atoms. The lowest BCUT2D eigenvalue weighted by molar-refractivity contribution is 0.374. The number of nitrogens with zero attached hydrogens (tertiary/aromatic N) is 2. The fourth-order valence-corrected chi connectivity index (χ4v) is 2.07. The van der Waals surface area contributed by atoms with Crippen LogP contribution < -0.4 is 10.1 Å². The van der Waals surface area contributed by atoms with Crippen LogP contribution in [0, 0.1) is 11.6 Å². The first kappa shape index (κ1) is 14.0. The number of anilines is 2. The maximum atomic E-state index is 13.7. The number of hydrogen-bond acceptors (Lipinski definition) is 5. The molecule has 3 aromatic rings. The van der Waals surface area contributed by atoms with Crippen LogP contribution in [0.4, 0.5) is 20.3 Å². The molecule has 5 nitrogen and oxygen atoms in total. The fraction of sp³-hybridized carbons (Fsp3) is 0.0667. The highest BCUT2D eigenvalue weighted by atomic mass is 19.1. The number of ether oxygens (including phenoxy) is 1. The number of phenols is 1. The topological polar surface area (TPSA) is 67.3 Å². The Hall–Kier alpha value is -2.96. The van der Waals surface area contributed by atoms with Crippen molar-refractivity contribution in [1.82, 2.24) is 9.97 Å². The summed E-state index contributed by atoms with van der Waals surface area (Å²) in [6, 6.07) is 6.43. The number of fused-ring (bicyclic) bond motifs is 1. The summed E-state index contributed by atoms with van der Waals surface area (Å²) >= 11 is 0. The third kappa shape index (κ3) is 2.37. The number of para-hydroxylation sites is 1. The zero-order valence-corrected chi connectivity index (χ0v) is 11.5. The zero-order chi connectivity index (χ0) is 15.7. The van der Waals surface area contributed by atoms with Gasteiger partial charge in [0.05, 0.1) is 12.6 Å². The average molecular weight is 303 g/mol. The van der Waals surface area contributed by atoms with Crippen molar-refractivity contribution in [2.45, 2.75) is 0 Å². The quantitative estimate of drug-likeness (QED) is 0.776. The summed E-state index contributed by atoms with van der Waals surface area (Å²) in [4.78, 5) is 8.01. The SMILES string of the molecule is COc1cc2c(Nc3c(F)cccc3F)ncnc2cc1O. The van der Waals surface area contributed by atoms with E-state index in [0.717, 1.165) is 12.1 Å². The lowest BCUT2D eigenvalue weighted by atomic mass is 10.2. The van der Waals surface area contributed by atoms with Crippen LogP contribution in [-0.2, 0) is 0 Å². The van der Waals surface area contributed by atoms with Crippen molar-refractivity contribution in [2.75, 3.05) is 12.4 Å². The molecule has 0 unspecified atom stereocenters. The van der Waals surface area contributed by atoms with E-state index in [1.807, 2.05) is 0 Å². The van der Waals surface area contributed by atoms with E-state index in [1.165, 1.54) is 31.6 Å². The van der Waals surface area contributed by atoms with Crippen LogP contribution in [0.1, 0.15) is 0 Å². The molecule has 0 aliphatic heterocycles. The van der Waals surface area contributed by atoms with Gasteiger partial charge in [0.1, 0.15) is 29.5 Å². The van der Waals surface area contributed by atoms with Crippen molar-refractivity contribution < 1.29 is 18.6 Å². The number of rotatable bonds is 3. The van der Waals surface area contributed by atoms with Crippen molar-refractivity contribution in [3.63, 3.8) is 0 Å². The molecule has 22 heavy (non-hydrogen) atoms. The third-order valence-corrected chi connectivity index (χ3v) is 3.14. The summed E-state index contributed by atoms with van der Waals surface area (Å²) in [7, 11) is 1.40. The van der Waals surface area contributed by atoms with Gasteiger partial charge in [-0.2, -0.15) is 0 Å². The molecule has 7 heteroatoms. The van der Waals surface area contributed by atoms with Gasteiger partial charge in [0.2, 0.25) is 0 Å². The number of hydrogen-bond donors (Lipinski definition) is 2. The zero-order valence-electron chi connectivity index (χ0n) is 11.5. The van der Waals surface area contributed by atoms with Crippen LogP contribution >= 0.6 is 0 Å². The molecule has 0 saturated heterocycles. The Kier molecular flexibility index (Phi) is 3.46. The number of nitrogens with one attached hydrogen (secondary N) is 1. The van der Waals surface area contributed by atoms with E-state index < -0.39 is 11.6 Å². The van der Waals surface area contributed by atoms with E-state index in [1.54, 1.807) is 0 Å². The van der Waals surface area contributed by atoms with Gasteiger partial charge in [0.25, 0.3) is 0 Å². The summed E-state index contributed by atoms with van der Waals surface area (Å²) in [5, 5.41) is 12.8. The highest BCUT2D eigenvalue weighted by Crippen LogP contribution is 2.34. The second-order valence-corrected chi connectivity index (χ2v) is 4.49. The van der Waals surface area contributed by atoms with Crippen LogP contribution in [0.5, 0.6) is 11.5 Å². The standard InChI is InChI=1S/C15H11F2N3O2/c1-22-13-5-8-11(6-12(13)21)18-7-19-15(8)20-14-9(16)3-2-4-10(14)17/h2-7,21H,1H3,(H,18,19,20). The van der Waals surface area contributed by atoms with Crippen molar-refractivity contribution >= 4 is 22.4 Å². The molecule has 0 fully saturated rings. The van der Waals surface area contributed by atoms with Gasteiger partial charge in [-0.25, -0.2) is 18.7 Å². The Bertz CT molecular complexity index is 835. The van der Waals surface area contributed by atoms with Gasteiger partial charge >= 0.3 is 0 Å². The first-order valence-electron chi connectivity index (χ1n) is 6.33. The largest absolute Gasteiger partial charge is 0.504 e. The minimum atomic E-state index is -0.738. The molecule has 112 valence electrons.